The zero-order chi connectivity index (χ0) is 9.84. The molecule has 0 aromatic rings. The molecule has 0 aromatic carbocycles. The third-order valence-corrected chi connectivity index (χ3v) is 2.66. The van der Waals surface area contributed by atoms with Crippen LogP contribution in [0.5, 0.6) is 0 Å². The SMILES string of the molecule is CCCN1CCC(CC(C)C)C1=O. The Kier molecular flexibility index (Phi) is 3.76. The first-order valence-corrected chi connectivity index (χ1v) is 5.44. The van der Waals surface area contributed by atoms with E-state index in [0.717, 1.165) is 32.4 Å². The normalized spacial score (nSPS) is 23.2. The lowest BCUT2D eigenvalue weighted by Gasteiger charge is -2.16. The van der Waals surface area contributed by atoms with Crippen molar-refractivity contribution in [3.8, 4) is 0 Å². The molecular weight excluding hydrogens is 162 g/mol. The molecule has 0 bridgehead atoms. The summed E-state index contributed by atoms with van der Waals surface area (Å²) in [5.41, 5.74) is 0. The number of nitrogens with zero attached hydrogens (tertiary/aromatic N) is 1. The van der Waals surface area contributed by atoms with Gasteiger partial charge in [-0.25, -0.2) is 0 Å². The quantitative estimate of drug-likeness (QED) is 0.655. The van der Waals surface area contributed by atoms with E-state index >= 15 is 0 Å². The summed E-state index contributed by atoms with van der Waals surface area (Å²) in [5.74, 6) is 1.37. The Labute approximate surface area is 81.3 Å². The van der Waals surface area contributed by atoms with Crippen LogP contribution in [0.3, 0.4) is 0 Å². The van der Waals surface area contributed by atoms with E-state index in [1.54, 1.807) is 0 Å². The highest BCUT2D eigenvalue weighted by atomic mass is 16.2. The molecule has 13 heavy (non-hydrogen) atoms. The highest BCUT2D eigenvalue weighted by molar-refractivity contribution is 5.80. The lowest BCUT2D eigenvalue weighted by atomic mass is 9.96. The molecule has 1 unspecified atom stereocenters. The fourth-order valence-electron chi connectivity index (χ4n) is 2.08. The molecule has 1 fully saturated rings. The van der Waals surface area contributed by atoms with Crippen LogP contribution in [0.1, 0.15) is 40.0 Å². The topological polar surface area (TPSA) is 20.3 Å². The van der Waals surface area contributed by atoms with E-state index < -0.39 is 0 Å². The van der Waals surface area contributed by atoms with Gasteiger partial charge in [-0.05, 0) is 25.2 Å². The minimum atomic E-state index is 0.326. The average Bonchev–Trinajstić information content (AvgIpc) is 2.36. The largest absolute Gasteiger partial charge is 0.342 e. The Morgan fingerprint density at radius 3 is 2.77 bits per heavy atom. The molecule has 2 heteroatoms. The molecule has 1 heterocycles. The molecule has 1 rings (SSSR count). The average molecular weight is 183 g/mol. The number of carbonyl (C=O) groups is 1. The maximum absolute atomic E-state index is 11.8. The van der Waals surface area contributed by atoms with Crippen molar-refractivity contribution in [2.45, 2.75) is 40.0 Å². The molecule has 0 aliphatic carbocycles. The Balaban J connectivity index is 2.40. The zero-order valence-corrected chi connectivity index (χ0v) is 9.05. The van der Waals surface area contributed by atoms with Crippen LogP contribution in [0.2, 0.25) is 0 Å². The Morgan fingerprint density at radius 2 is 2.23 bits per heavy atom. The molecule has 0 N–H and O–H groups in total. The maximum atomic E-state index is 11.8. The van der Waals surface area contributed by atoms with Gasteiger partial charge in [-0.3, -0.25) is 4.79 Å². The molecular formula is C11H21NO. The molecule has 2 nitrogen and oxygen atoms in total. The summed E-state index contributed by atoms with van der Waals surface area (Å²) in [5, 5.41) is 0. The van der Waals surface area contributed by atoms with Crippen LogP contribution in [0.15, 0.2) is 0 Å². The third-order valence-electron chi connectivity index (χ3n) is 2.66. The number of amides is 1. The van der Waals surface area contributed by atoms with Gasteiger partial charge in [0, 0.05) is 19.0 Å². The molecule has 1 amide bonds. The molecule has 1 atom stereocenters. The maximum Gasteiger partial charge on any atom is 0.225 e. The van der Waals surface area contributed by atoms with E-state index in [-0.39, 0.29) is 0 Å². The number of hydrogen-bond donors (Lipinski definition) is 0. The summed E-state index contributed by atoms with van der Waals surface area (Å²) in [7, 11) is 0. The van der Waals surface area contributed by atoms with Crippen LogP contribution < -0.4 is 0 Å². The number of hydrogen-bond acceptors (Lipinski definition) is 1. The number of likely N-dealkylation sites (tertiary alicyclic amines) is 1. The van der Waals surface area contributed by atoms with Gasteiger partial charge < -0.3 is 4.90 Å². The summed E-state index contributed by atoms with van der Waals surface area (Å²) < 4.78 is 0. The van der Waals surface area contributed by atoms with Crippen molar-refractivity contribution < 1.29 is 4.79 Å². The number of rotatable bonds is 4. The second-order valence-electron chi connectivity index (χ2n) is 4.44. The summed E-state index contributed by atoms with van der Waals surface area (Å²) in [6, 6.07) is 0. The Hall–Kier alpha value is -0.530. The van der Waals surface area contributed by atoms with Crippen LogP contribution in [-0.2, 0) is 4.79 Å². The predicted molar refractivity (Wildman–Crippen MR) is 54.4 cm³/mol. The fraction of sp³-hybridized carbons (Fsp3) is 0.909. The van der Waals surface area contributed by atoms with E-state index in [2.05, 4.69) is 20.8 Å². The second kappa shape index (κ2) is 4.64. The van der Waals surface area contributed by atoms with E-state index in [4.69, 9.17) is 0 Å². The van der Waals surface area contributed by atoms with Crippen LogP contribution in [0, 0.1) is 11.8 Å². The first-order valence-electron chi connectivity index (χ1n) is 5.44. The van der Waals surface area contributed by atoms with Gasteiger partial charge in [0.25, 0.3) is 0 Å². The van der Waals surface area contributed by atoms with Gasteiger partial charge in [0.2, 0.25) is 5.91 Å². The minimum Gasteiger partial charge on any atom is -0.342 e. The van der Waals surface area contributed by atoms with Gasteiger partial charge in [0.05, 0.1) is 0 Å². The monoisotopic (exact) mass is 183 g/mol. The zero-order valence-electron chi connectivity index (χ0n) is 9.05. The van der Waals surface area contributed by atoms with Crippen molar-refractivity contribution in [1.29, 1.82) is 0 Å². The number of carbonyl (C=O) groups excluding carboxylic acids is 1. The second-order valence-corrected chi connectivity index (χ2v) is 4.44. The molecule has 0 radical (unpaired) electrons. The van der Waals surface area contributed by atoms with Crippen molar-refractivity contribution in [1.82, 2.24) is 4.90 Å². The highest BCUT2D eigenvalue weighted by Gasteiger charge is 2.30. The molecule has 1 aliphatic rings. The van der Waals surface area contributed by atoms with E-state index in [9.17, 15) is 4.79 Å². The van der Waals surface area contributed by atoms with E-state index in [1.807, 2.05) is 4.90 Å². The van der Waals surface area contributed by atoms with Crippen molar-refractivity contribution in [3.05, 3.63) is 0 Å². The Bertz CT molecular complexity index is 177. The van der Waals surface area contributed by atoms with Crippen LogP contribution in [0.25, 0.3) is 0 Å². The molecule has 0 aromatic heterocycles. The predicted octanol–water partition coefficient (Wildman–Crippen LogP) is 2.29. The first-order chi connectivity index (χ1) is 6.15. The summed E-state index contributed by atoms with van der Waals surface area (Å²) in [6.45, 7) is 8.45. The highest BCUT2D eigenvalue weighted by Crippen LogP contribution is 2.24. The van der Waals surface area contributed by atoms with E-state index in [1.165, 1.54) is 0 Å². The molecule has 0 spiro atoms. The fourth-order valence-corrected chi connectivity index (χ4v) is 2.08. The van der Waals surface area contributed by atoms with Gasteiger partial charge in [-0.15, -0.1) is 0 Å². The summed E-state index contributed by atoms with van der Waals surface area (Å²) in [4.78, 5) is 13.8. The van der Waals surface area contributed by atoms with Crippen LogP contribution in [0.4, 0.5) is 0 Å². The molecule has 0 saturated carbocycles. The van der Waals surface area contributed by atoms with E-state index in [0.29, 0.717) is 17.7 Å². The lowest BCUT2D eigenvalue weighted by molar-refractivity contribution is -0.131. The smallest absolute Gasteiger partial charge is 0.225 e. The van der Waals surface area contributed by atoms with Crippen LogP contribution in [-0.4, -0.2) is 23.9 Å². The van der Waals surface area contributed by atoms with Gasteiger partial charge in [-0.1, -0.05) is 20.8 Å². The first kappa shape index (κ1) is 10.6. The molecule has 1 saturated heterocycles. The van der Waals surface area contributed by atoms with Gasteiger partial charge >= 0.3 is 0 Å². The standard InChI is InChI=1S/C11H21NO/c1-4-6-12-7-5-10(11(12)13)8-9(2)3/h9-10H,4-8H2,1-3H3. The van der Waals surface area contributed by atoms with Crippen molar-refractivity contribution >= 4 is 5.91 Å². The van der Waals surface area contributed by atoms with Gasteiger partial charge in [-0.2, -0.15) is 0 Å². The van der Waals surface area contributed by atoms with Crippen molar-refractivity contribution in [2.24, 2.45) is 11.8 Å². The van der Waals surface area contributed by atoms with Gasteiger partial charge in [0.15, 0.2) is 0 Å². The Morgan fingerprint density at radius 1 is 1.54 bits per heavy atom. The third kappa shape index (κ3) is 2.71. The minimum absolute atomic E-state index is 0.326. The lowest BCUT2D eigenvalue weighted by Crippen LogP contribution is -2.28. The van der Waals surface area contributed by atoms with Crippen LogP contribution >= 0.6 is 0 Å². The summed E-state index contributed by atoms with van der Waals surface area (Å²) in [6.07, 6.45) is 3.23. The molecule has 1 aliphatic heterocycles. The molecule has 76 valence electrons. The van der Waals surface area contributed by atoms with Gasteiger partial charge in [0.1, 0.15) is 0 Å². The summed E-state index contributed by atoms with van der Waals surface area (Å²) >= 11 is 0. The van der Waals surface area contributed by atoms with Crippen molar-refractivity contribution in [3.63, 3.8) is 0 Å². The van der Waals surface area contributed by atoms with Crippen molar-refractivity contribution in [2.75, 3.05) is 13.1 Å².